The number of carbonyl (C=O) groups excluding carboxylic acids is 4. The lowest BCUT2D eigenvalue weighted by Crippen LogP contribution is -2.50. The van der Waals surface area contributed by atoms with Gasteiger partial charge >= 0.3 is 12.1 Å². The maximum absolute atomic E-state index is 12.3. The van der Waals surface area contributed by atoms with Crippen molar-refractivity contribution in [3.05, 3.63) is 54.1 Å². The van der Waals surface area contributed by atoms with Gasteiger partial charge in [-0.2, -0.15) is 0 Å². The van der Waals surface area contributed by atoms with Crippen LogP contribution in [0.25, 0.3) is 0 Å². The van der Waals surface area contributed by atoms with E-state index in [1.54, 1.807) is 30.5 Å². The lowest BCUT2D eigenvalue weighted by atomic mass is 10.1. The molecule has 1 aromatic heterocycles. The monoisotopic (exact) mass is 431 g/mol. The predicted molar refractivity (Wildman–Crippen MR) is 108 cm³/mol. The Bertz CT molecular complexity index is 871. The number of esters is 1. The molecule has 0 bridgehead atoms. The van der Waals surface area contributed by atoms with Gasteiger partial charge in [-0.15, -0.1) is 0 Å². The fourth-order valence-corrected chi connectivity index (χ4v) is 2.58. The second kappa shape index (κ2) is 12.1. The number of nitrogens with one attached hydrogen (secondary N) is 3. The largest absolute Gasteiger partial charge is 0.467 e. The molecule has 0 aliphatic rings. The second-order valence-corrected chi connectivity index (χ2v) is 6.60. The maximum Gasteiger partial charge on any atom is 0.414 e. The quantitative estimate of drug-likeness (QED) is 0.386. The third-order valence-corrected chi connectivity index (χ3v) is 4.24. The second-order valence-electron chi connectivity index (χ2n) is 6.60. The number of alkyl carbamates (subject to hydrolysis) is 1. The zero-order valence-corrected chi connectivity index (χ0v) is 17.0. The summed E-state index contributed by atoms with van der Waals surface area (Å²) in [5, 5.41) is 4.56. The van der Waals surface area contributed by atoms with E-state index in [1.165, 1.54) is 13.4 Å². The molecule has 0 saturated carbocycles. The molecule has 0 saturated heterocycles. The van der Waals surface area contributed by atoms with Crippen molar-refractivity contribution >= 4 is 23.9 Å². The lowest BCUT2D eigenvalue weighted by molar-refractivity contribution is -0.145. The number of carbonyl (C=O) groups is 4. The molecule has 2 rings (SSSR count). The number of amides is 3. The highest BCUT2D eigenvalue weighted by atomic mass is 16.5. The number of rotatable bonds is 10. The van der Waals surface area contributed by atoms with Crippen molar-refractivity contribution in [3.63, 3.8) is 0 Å². The van der Waals surface area contributed by atoms with Crippen molar-refractivity contribution in [3.8, 4) is 0 Å². The van der Waals surface area contributed by atoms with E-state index in [-0.39, 0.29) is 25.9 Å². The van der Waals surface area contributed by atoms with Crippen molar-refractivity contribution in [2.45, 2.75) is 38.0 Å². The van der Waals surface area contributed by atoms with Crippen LogP contribution >= 0.6 is 0 Å². The topological polar surface area (TPSA) is 166 Å². The minimum absolute atomic E-state index is 0.0206. The van der Waals surface area contributed by atoms with Gasteiger partial charge in [0.25, 0.3) is 0 Å². The first-order chi connectivity index (χ1) is 14.9. The SMILES string of the molecule is COC(=O)[C@H](Cc1c[nH]cn1)NC(=O)[C@@H](N)CCC(=O)NC(=O)OCc1ccccc1. The highest BCUT2D eigenvalue weighted by Gasteiger charge is 2.25. The van der Waals surface area contributed by atoms with E-state index in [9.17, 15) is 19.2 Å². The molecule has 11 heteroatoms. The number of hydrogen-bond donors (Lipinski definition) is 4. The van der Waals surface area contributed by atoms with Crippen LogP contribution in [-0.4, -0.2) is 53.0 Å². The van der Waals surface area contributed by atoms with Crippen LogP contribution in [0.4, 0.5) is 4.79 Å². The van der Waals surface area contributed by atoms with Gasteiger partial charge in [0.15, 0.2) is 0 Å². The molecule has 11 nitrogen and oxygen atoms in total. The molecule has 2 aromatic rings. The number of ether oxygens (including phenoxy) is 2. The zero-order valence-electron chi connectivity index (χ0n) is 17.0. The summed E-state index contributed by atoms with van der Waals surface area (Å²) in [4.78, 5) is 54.6. The standard InChI is InChI=1S/C20H25N5O6/c1-30-19(28)16(9-14-10-22-12-23-14)24-18(27)15(21)7-8-17(26)25-20(29)31-11-13-5-3-2-4-6-13/h2-6,10,12,15-16H,7-9,11,21H2,1H3,(H,22,23)(H,24,27)(H,25,26,29)/t15-,16-/m0/s1. The Hall–Kier alpha value is -3.73. The van der Waals surface area contributed by atoms with Crippen LogP contribution < -0.4 is 16.4 Å². The number of imidazole rings is 1. The molecule has 0 unspecified atom stereocenters. The van der Waals surface area contributed by atoms with E-state index in [0.717, 1.165) is 5.56 Å². The number of aromatic nitrogens is 2. The van der Waals surface area contributed by atoms with Gasteiger partial charge in [0.1, 0.15) is 12.6 Å². The molecule has 0 spiro atoms. The van der Waals surface area contributed by atoms with Gasteiger partial charge in [0.05, 0.1) is 25.2 Å². The lowest BCUT2D eigenvalue weighted by Gasteiger charge is -2.18. The van der Waals surface area contributed by atoms with Gasteiger partial charge in [0, 0.05) is 19.0 Å². The van der Waals surface area contributed by atoms with Crippen LogP contribution in [0.5, 0.6) is 0 Å². The van der Waals surface area contributed by atoms with Crippen molar-refractivity contribution in [2.24, 2.45) is 5.73 Å². The number of hydrogen-bond acceptors (Lipinski definition) is 8. The Kier molecular flexibility index (Phi) is 9.17. The summed E-state index contributed by atoms with van der Waals surface area (Å²) in [6.45, 7) is 0.0206. The average Bonchev–Trinajstić information content (AvgIpc) is 3.28. The van der Waals surface area contributed by atoms with Crippen molar-refractivity contribution in [2.75, 3.05) is 7.11 Å². The summed E-state index contributed by atoms with van der Waals surface area (Å²) >= 11 is 0. The number of aromatic amines is 1. The number of benzene rings is 1. The number of methoxy groups -OCH3 is 1. The van der Waals surface area contributed by atoms with E-state index in [2.05, 4.69) is 20.6 Å². The van der Waals surface area contributed by atoms with Gasteiger partial charge in [-0.3, -0.25) is 14.9 Å². The van der Waals surface area contributed by atoms with Crippen LogP contribution in [0.3, 0.4) is 0 Å². The first-order valence-electron chi connectivity index (χ1n) is 9.51. The van der Waals surface area contributed by atoms with Crippen molar-refractivity contribution in [1.29, 1.82) is 0 Å². The number of imide groups is 1. The average molecular weight is 431 g/mol. The minimum Gasteiger partial charge on any atom is -0.467 e. The summed E-state index contributed by atoms with van der Waals surface area (Å²) < 4.78 is 9.64. The molecular weight excluding hydrogens is 406 g/mol. The molecule has 0 aliphatic heterocycles. The van der Waals surface area contributed by atoms with Gasteiger partial charge in [-0.05, 0) is 12.0 Å². The van der Waals surface area contributed by atoms with Gasteiger partial charge < -0.3 is 25.5 Å². The molecule has 2 atom stereocenters. The van der Waals surface area contributed by atoms with Crippen LogP contribution in [0.2, 0.25) is 0 Å². The summed E-state index contributed by atoms with van der Waals surface area (Å²) in [7, 11) is 1.20. The number of H-pyrrole nitrogens is 1. The van der Waals surface area contributed by atoms with Crippen LogP contribution in [0.15, 0.2) is 42.9 Å². The fourth-order valence-electron chi connectivity index (χ4n) is 2.58. The van der Waals surface area contributed by atoms with Crippen LogP contribution in [-0.2, 0) is 36.9 Å². The first-order valence-corrected chi connectivity index (χ1v) is 9.51. The van der Waals surface area contributed by atoms with E-state index in [1.807, 2.05) is 6.07 Å². The summed E-state index contributed by atoms with van der Waals surface area (Å²) in [6, 6.07) is 6.94. The van der Waals surface area contributed by atoms with E-state index in [4.69, 9.17) is 15.2 Å². The van der Waals surface area contributed by atoms with E-state index < -0.39 is 36.0 Å². The predicted octanol–water partition coefficient (Wildman–Crippen LogP) is 0.171. The van der Waals surface area contributed by atoms with Gasteiger partial charge in [-0.1, -0.05) is 30.3 Å². The molecule has 31 heavy (non-hydrogen) atoms. The smallest absolute Gasteiger partial charge is 0.414 e. The first kappa shape index (κ1) is 23.5. The van der Waals surface area contributed by atoms with Crippen molar-refractivity contribution in [1.82, 2.24) is 20.6 Å². The number of nitrogens with zero attached hydrogens (tertiary/aromatic N) is 1. The molecule has 1 aromatic carbocycles. The Morgan fingerprint density at radius 1 is 1.19 bits per heavy atom. The maximum atomic E-state index is 12.3. The molecule has 3 amide bonds. The molecule has 166 valence electrons. The molecular formula is C20H25N5O6. The summed E-state index contributed by atoms with van der Waals surface area (Å²) in [5.41, 5.74) is 7.14. The Balaban J connectivity index is 1.74. The number of nitrogens with two attached hydrogens (primary N) is 1. The summed E-state index contributed by atoms with van der Waals surface area (Å²) in [5.74, 6) is -1.92. The fraction of sp³-hybridized carbons (Fsp3) is 0.350. The third kappa shape index (κ3) is 8.26. The Morgan fingerprint density at radius 2 is 1.94 bits per heavy atom. The van der Waals surface area contributed by atoms with Gasteiger partial charge in [-0.25, -0.2) is 14.6 Å². The third-order valence-electron chi connectivity index (χ3n) is 4.24. The molecule has 1 heterocycles. The Morgan fingerprint density at radius 3 is 2.58 bits per heavy atom. The molecule has 0 radical (unpaired) electrons. The zero-order chi connectivity index (χ0) is 22.6. The van der Waals surface area contributed by atoms with E-state index in [0.29, 0.717) is 5.69 Å². The normalized spacial score (nSPS) is 12.3. The molecule has 0 fully saturated rings. The van der Waals surface area contributed by atoms with Crippen LogP contribution in [0.1, 0.15) is 24.1 Å². The van der Waals surface area contributed by atoms with E-state index >= 15 is 0 Å². The minimum atomic E-state index is -1.07. The highest BCUT2D eigenvalue weighted by Crippen LogP contribution is 2.03. The summed E-state index contributed by atoms with van der Waals surface area (Å²) in [6.07, 6.45) is 2.03. The molecule has 0 aliphatic carbocycles. The Labute approximate surface area is 178 Å². The highest BCUT2D eigenvalue weighted by molar-refractivity contribution is 5.92. The van der Waals surface area contributed by atoms with Crippen molar-refractivity contribution < 1.29 is 28.7 Å². The molecule has 5 N–H and O–H groups in total. The van der Waals surface area contributed by atoms with Gasteiger partial charge in [0.2, 0.25) is 11.8 Å². The van der Waals surface area contributed by atoms with Crippen LogP contribution in [0, 0.1) is 0 Å².